The van der Waals surface area contributed by atoms with E-state index in [1.807, 2.05) is 12.1 Å². The zero-order chi connectivity index (χ0) is 18.8. The molecule has 4 rings (SSSR count). The van der Waals surface area contributed by atoms with Crippen molar-refractivity contribution in [1.82, 2.24) is 10.3 Å². The Morgan fingerprint density at radius 1 is 1.26 bits per heavy atom. The summed E-state index contributed by atoms with van der Waals surface area (Å²) in [6.45, 7) is 0.757. The first kappa shape index (κ1) is 17.8. The Balaban J connectivity index is 1.51. The normalized spacial score (nSPS) is 16.3. The van der Waals surface area contributed by atoms with Crippen molar-refractivity contribution in [2.45, 2.75) is 38.0 Å². The number of hydrogen-bond donors (Lipinski definition) is 2. The first-order valence-electron chi connectivity index (χ1n) is 9.39. The van der Waals surface area contributed by atoms with E-state index in [9.17, 15) is 4.79 Å². The van der Waals surface area contributed by atoms with Crippen LogP contribution in [0.25, 0.3) is 0 Å². The summed E-state index contributed by atoms with van der Waals surface area (Å²) in [4.78, 5) is 17.0. The Morgan fingerprint density at radius 3 is 2.70 bits per heavy atom. The zero-order valence-corrected chi connectivity index (χ0v) is 15.7. The van der Waals surface area contributed by atoms with Crippen LogP contribution < -0.4 is 10.6 Å². The standard InChI is InChI=1S/C21H21ClN4O/c22-19-8-16(7-6-15(19)10-23)26-20-9-17(14-4-5-14)18(12-24-20)21(27)25-11-13-2-1-3-13/h6-9,12-14H,1-5,11H2,(H,24,26)(H,25,27). The predicted octanol–water partition coefficient (Wildman–Crippen LogP) is 4.76. The van der Waals surface area contributed by atoms with Crippen LogP contribution in [0.4, 0.5) is 11.5 Å². The lowest BCUT2D eigenvalue weighted by Gasteiger charge is -2.25. The molecule has 138 valence electrons. The molecule has 1 amide bonds. The minimum Gasteiger partial charge on any atom is -0.352 e. The molecule has 2 aromatic rings. The maximum absolute atomic E-state index is 12.6. The van der Waals surface area contributed by atoms with Crippen LogP contribution in [-0.2, 0) is 0 Å². The van der Waals surface area contributed by atoms with Gasteiger partial charge < -0.3 is 10.6 Å². The van der Waals surface area contributed by atoms with Gasteiger partial charge in [0, 0.05) is 18.4 Å². The SMILES string of the molecule is N#Cc1ccc(Nc2cc(C3CC3)c(C(=O)NCC3CCC3)cn2)cc1Cl. The molecule has 27 heavy (non-hydrogen) atoms. The van der Waals surface area contributed by atoms with Crippen LogP contribution in [-0.4, -0.2) is 17.4 Å². The van der Waals surface area contributed by atoms with Crippen molar-refractivity contribution in [2.24, 2.45) is 5.92 Å². The Hall–Kier alpha value is -2.58. The van der Waals surface area contributed by atoms with Crippen LogP contribution >= 0.6 is 11.6 Å². The summed E-state index contributed by atoms with van der Waals surface area (Å²) in [5, 5.41) is 15.7. The van der Waals surface area contributed by atoms with Crippen LogP contribution in [0.3, 0.4) is 0 Å². The van der Waals surface area contributed by atoms with Gasteiger partial charge in [-0.2, -0.15) is 5.26 Å². The molecule has 0 unspecified atom stereocenters. The monoisotopic (exact) mass is 380 g/mol. The summed E-state index contributed by atoms with van der Waals surface area (Å²) in [5.41, 5.74) is 2.93. The molecule has 2 fully saturated rings. The molecule has 0 aliphatic heterocycles. The van der Waals surface area contributed by atoms with Gasteiger partial charge in [0.15, 0.2) is 0 Å². The highest BCUT2D eigenvalue weighted by Gasteiger charge is 2.29. The van der Waals surface area contributed by atoms with E-state index in [2.05, 4.69) is 15.6 Å². The number of rotatable bonds is 6. The zero-order valence-electron chi connectivity index (χ0n) is 15.0. The van der Waals surface area contributed by atoms with Crippen molar-refractivity contribution >= 4 is 29.0 Å². The minimum absolute atomic E-state index is 0.0238. The lowest BCUT2D eigenvalue weighted by atomic mass is 9.85. The molecule has 5 nitrogen and oxygen atoms in total. The van der Waals surface area contributed by atoms with Crippen molar-refractivity contribution in [3.63, 3.8) is 0 Å². The highest BCUT2D eigenvalue weighted by molar-refractivity contribution is 6.32. The van der Waals surface area contributed by atoms with E-state index in [4.69, 9.17) is 16.9 Å². The Bertz CT molecular complexity index is 913. The second-order valence-corrected chi connectivity index (χ2v) is 7.78. The molecule has 6 heteroatoms. The average Bonchev–Trinajstić information content (AvgIpc) is 3.45. The number of aromatic nitrogens is 1. The van der Waals surface area contributed by atoms with Gasteiger partial charge in [0.2, 0.25) is 0 Å². The molecule has 0 radical (unpaired) electrons. The van der Waals surface area contributed by atoms with Gasteiger partial charge in [-0.25, -0.2) is 4.98 Å². The highest BCUT2D eigenvalue weighted by Crippen LogP contribution is 2.42. The van der Waals surface area contributed by atoms with E-state index in [-0.39, 0.29) is 5.91 Å². The van der Waals surface area contributed by atoms with Crippen LogP contribution in [0.15, 0.2) is 30.5 Å². The maximum atomic E-state index is 12.6. The smallest absolute Gasteiger partial charge is 0.253 e. The number of halogens is 1. The molecule has 1 heterocycles. The average molecular weight is 381 g/mol. The number of nitriles is 1. The molecular weight excluding hydrogens is 360 g/mol. The fraction of sp³-hybridized carbons (Fsp3) is 0.381. The molecular formula is C21H21ClN4O. The first-order chi connectivity index (χ1) is 13.1. The van der Waals surface area contributed by atoms with Crippen molar-refractivity contribution in [1.29, 1.82) is 5.26 Å². The second-order valence-electron chi connectivity index (χ2n) is 7.37. The summed E-state index contributed by atoms with van der Waals surface area (Å²) in [6.07, 6.45) is 7.57. The summed E-state index contributed by atoms with van der Waals surface area (Å²) in [6, 6.07) is 9.18. The van der Waals surface area contributed by atoms with Gasteiger partial charge in [-0.3, -0.25) is 4.79 Å². The third kappa shape index (κ3) is 4.06. The van der Waals surface area contributed by atoms with Gasteiger partial charge in [-0.05, 0) is 67.3 Å². The molecule has 1 aromatic carbocycles. The number of nitrogens with one attached hydrogen (secondary N) is 2. The molecule has 2 saturated carbocycles. The number of carbonyl (C=O) groups is 1. The lowest BCUT2D eigenvalue weighted by molar-refractivity contribution is 0.0937. The lowest BCUT2D eigenvalue weighted by Crippen LogP contribution is -2.32. The maximum Gasteiger partial charge on any atom is 0.253 e. The van der Waals surface area contributed by atoms with Crippen molar-refractivity contribution in [3.8, 4) is 6.07 Å². The van der Waals surface area contributed by atoms with Crippen LogP contribution in [0, 0.1) is 17.2 Å². The van der Waals surface area contributed by atoms with Gasteiger partial charge in [0.1, 0.15) is 11.9 Å². The van der Waals surface area contributed by atoms with E-state index in [1.165, 1.54) is 19.3 Å². The van der Waals surface area contributed by atoms with Crippen molar-refractivity contribution < 1.29 is 4.79 Å². The molecule has 0 bridgehead atoms. The number of hydrogen-bond acceptors (Lipinski definition) is 4. The Kier molecular flexibility index (Phi) is 5.00. The van der Waals surface area contributed by atoms with E-state index in [0.29, 0.717) is 33.8 Å². The quantitative estimate of drug-likeness (QED) is 0.757. The Labute approximate surface area is 163 Å². The number of anilines is 2. The molecule has 2 aliphatic rings. The topological polar surface area (TPSA) is 77.8 Å². The summed E-state index contributed by atoms with van der Waals surface area (Å²) in [5.74, 6) is 1.72. The third-order valence-electron chi connectivity index (χ3n) is 5.34. The van der Waals surface area contributed by atoms with Crippen LogP contribution in [0.5, 0.6) is 0 Å². The van der Waals surface area contributed by atoms with E-state index < -0.39 is 0 Å². The van der Waals surface area contributed by atoms with Gasteiger partial charge in [-0.15, -0.1) is 0 Å². The third-order valence-corrected chi connectivity index (χ3v) is 5.65. The van der Waals surface area contributed by atoms with Gasteiger partial charge in [0.25, 0.3) is 5.91 Å². The minimum atomic E-state index is -0.0238. The molecule has 2 N–H and O–H groups in total. The first-order valence-corrected chi connectivity index (χ1v) is 9.76. The van der Waals surface area contributed by atoms with E-state index in [0.717, 1.165) is 30.6 Å². The van der Waals surface area contributed by atoms with Gasteiger partial charge >= 0.3 is 0 Å². The molecule has 2 aliphatic carbocycles. The highest BCUT2D eigenvalue weighted by atomic mass is 35.5. The fourth-order valence-corrected chi connectivity index (χ4v) is 3.54. The largest absolute Gasteiger partial charge is 0.352 e. The van der Waals surface area contributed by atoms with Crippen molar-refractivity contribution in [3.05, 3.63) is 52.2 Å². The number of amides is 1. The van der Waals surface area contributed by atoms with Crippen LogP contribution in [0.2, 0.25) is 5.02 Å². The van der Waals surface area contributed by atoms with Gasteiger partial charge in [0.05, 0.1) is 16.1 Å². The van der Waals surface area contributed by atoms with E-state index in [1.54, 1.807) is 24.4 Å². The Morgan fingerprint density at radius 2 is 2.07 bits per heavy atom. The second kappa shape index (κ2) is 7.58. The van der Waals surface area contributed by atoms with Gasteiger partial charge in [-0.1, -0.05) is 18.0 Å². The van der Waals surface area contributed by atoms with E-state index >= 15 is 0 Å². The number of pyridine rings is 1. The molecule has 1 aromatic heterocycles. The number of carbonyl (C=O) groups excluding carboxylic acids is 1. The predicted molar refractivity (Wildman–Crippen MR) is 105 cm³/mol. The van der Waals surface area contributed by atoms with Crippen LogP contribution in [0.1, 0.15) is 59.5 Å². The molecule has 0 atom stereocenters. The molecule has 0 spiro atoms. The van der Waals surface area contributed by atoms with Crippen molar-refractivity contribution in [2.75, 3.05) is 11.9 Å². The summed E-state index contributed by atoms with van der Waals surface area (Å²) < 4.78 is 0. The summed E-state index contributed by atoms with van der Waals surface area (Å²) in [7, 11) is 0. The molecule has 0 saturated heterocycles. The number of nitrogens with zero attached hydrogens (tertiary/aromatic N) is 2. The number of benzene rings is 1. The fourth-order valence-electron chi connectivity index (χ4n) is 3.32. The summed E-state index contributed by atoms with van der Waals surface area (Å²) >= 11 is 6.10.